The normalized spacial score (nSPS) is 20.8. The molecule has 2 fully saturated rings. The zero-order chi connectivity index (χ0) is 17.8. The number of likely N-dealkylation sites (tertiary alicyclic amines) is 1. The maximum absolute atomic E-state index is 2.92. The minimum absolute atomic E-state index is 0.781. The molecule has 0 radical (unpaired) electrons. The van der Waals surface area contributed by atoms with E-state index in [2.05, 4.69) is 18.7 Å². The highest BCUT2D eigenvalue weighted by atomic mass is 15.2. The van der Waals surface area contributed by atoms with E-state index in [1.807, 2.05) is 0 Å². The van der Waals surface area contributed by atoms with Gasteiger partial charge in [0.05, 0.1) is 0 Å². The van der Waals surface area contributed by atoms with Gasteiger partial charge in [0.25, 0.3) is 0 Å². The number of nitrogens with zero attached hydrogens (tertiary/aromatic N) is 1. The number of unbranched alkanes of at least 4 members (excludes halogenated alkanes) is 8. The molecule has 1 aliphatic heterocycles. The van der Waals surface area contributed by atoms with Crippen molar-refractivity contribution < 1.29 is 0 Å². The third kappa shape index (κ3) is 7.61. The molecule has 0 N–H and O–H groups in total. The van der Waals surface area contributed by atoms with Gasteiger partial charge in [0.2, 0.25) is 0 Å². The van der Waals surface area contributed by atoms with Crippen molar-refractivity contribution in [3.8, 4) is 0 Å². The number of piperidine rings is 1. The Balaban J connectivity index is 1.72. The van der Waals surface area contributed by atoms with Gasteiger partial charge in [0.15, 0.2) is 0 Å². The van der Waals surface area contributed by atoms with Crippen molar-refractivity contribution in [3.05, 3.63) is 0 Å². The van der Waals surface area contributed by atoms with E-state index in [1.165, 1.54) is 116 Å². The summed E-state index contributed by atoms with van der Waals surface area (Å²) in [6.07, 6.45) is 26.5. The van der Waals surface area contributed by atoms with E-state index < -0.39 is 0 Å². The molecule has 148 valence electrons. The van der Waals surface area contributed by atoms with E-state index in [0.717, 1.165) is 11.5 Å². The van der Waals surface area contributed by atoms with Crippen molar-refractivity contribution in [2.24, 2.45) is 5.41 Å². The van der Waals surface area contributed by atoms with Crippen LogP contribution in [0.15, 0.2) is 0 Å². The molecule has 0 atom stereocenters. The van der Waals surface area contributed by atoms with Crippen molar-refractivity contribution >= 4 is 0 Å². The van der Waals surface area contributed by atoms with Crippen LogP contribution in [0.4, 0.5) is 0 Å². The first-order valence-corrected chi connectivity index (χ1v) is 12.0. The zero-order valence-corrected chi connectivity index (χ0v) is 17.7. The molecule has 0 unspecified atom stereocenters. The molecule has 1 nitrogen and oxygen atoms in total. The average molecular weight is 350 g/mol. The van der Waals surface area contributed by atoms with Crippen LogP contribution in [0.2, 0.25) is 0 Å². The quantitative estimate of drug-likeness (QED) is 0.307. The summed E-state index contributed by atoms with van der Waals surface area (Å²) in [6.45, 7) is 7.47. The van der Waals surface area contributed by atoms with E-state index in [4.69, 9.17) is 0 Å². The Labute approximate surface area is 159 Å². The SMILES string of the molecule is CCCCCCCC(CCCCCCC)N1CCC2(CCCC2)CC1. The van der Waals surface area contributed by atoms with Gasteiger partial charge in [0, 0.05) is 6.04 Å². The van der Waals surface area contributed by atoms with Gasteiger partial charge < -0.3 is 4.90 Å². The lowest BCUT2D eigenvalue weighted by Gasteiger charge is -2.43. The molecule has 1 saturated carbocycles. The van der Waals surface area contributed by atoms with Crippen molar-refractivity contribution in [1.29, 1.82) is 0 Å². The largest absolute Gasteiger partial charge is 0.300 e. The van der Waals surface area contributed by atoms with Gasteiger partial charge in [-0.3, -0.25) is 0 Å². The van der Waals surface area contributed by atoms with E-state index in [0.29, 0.717) is 0 Å². The van der Waals surface area contributed by atoms with E-state index in [9.17, 15) is 0 Å². The summed E-state index contributed by atoms with van der Waals surface area (Å²) >= 11 is 0. The Bertz CT molecular complexity index is 294. The molecule has 25 heavy (non-hydrogen) atoms. The summed E-state index contributed by atoms with van der Waals surface area (Å²) in [5.74, 6) is 0. The maximum atomic E-state index is 2.92. The first kappa shape index (κ1) is 21.3. The maximum Gasteiger partial charge on any atom is 0.00952 e. The lowest BCUT2D eigenvalue weighted by atomic mass is 9.76. The van der Waals surface area contributed by atoms with Gasteiger partial charge in [-0.2, -0.15) is 0 Å². The van der Waals surface area contributed by atoms with Crippen LogP contribution in [0.1, 0.15) is 129 Å². The van der Waals surface area contributed by atoms with Crippen LogP contribution >= 0.6 is 0 Å². The summed E-state index contributed by atoms with van der Waals surface area (Å²) in [5, 5.41) is 0. The average Bonchev–Trinajstić information content (AvgIpc) is 3.08. The van der Waals surface area contributed by atoms with Crippen LogP contribution in [-0.4, -0.2) is 24.0 Å². The first-order chi connectivity index (χ1) is 12.3. The molecule has 0 aromatic rings. The van der Waals surface area contributed by atoms with Gasteiger partial charge >= 0.3 is 0 Å². The lowest BCUT2D eigenvalue weighted by molar-refractivity contribution is 0.0671. The summed E-state index contributed by atoms with van der Waals surface area (Å²) in [4.78, 5) is 2.92. The van der Waals surface area contributed by atoms with Crippen molar-refractivity contribution in [3.63, 3.8) is 0 Å². The molecule has 0 aromatic heterocycles. The van der Waals surface area contributed by atoms with Crippen molar-refractivity contribution in [2.45, 2.75) is 135 Å². The summed E-state index contributed by atoms with van der Waals surface area (Å²) < 4.78 is 0. The Hall–Kier alpha value is -0.0400. The van der Waals surface area contributed by atoms with Gasteiger partial charge in [-0.25, -0.2) is 0 Å². The highest BCUT2D eigenvalue weighted by Gasteiger charge is 2.38. The molecule has 1 heterocycles. The predicted molar refractivity (Wildman–Crippen MR) is 112 cm³/mol. The minimum Gasteiger partial charge on any atom is -0.300 e. The Morgan fingerprint density at radius 1 is 0.640 bits per heavy atom. The molecule has 0 aromatic carbocycles. The van der Waals surface area contributed by atoms with Gasteiger partial charge in [-0.05, 0) is 57.0 Å². The Morgan fingerprint density at radius 2 is 1.12 bits per heavy atom. The van der Waals surface area contributed by atoms with Gasteiger partial charge in [-0.1, -0.05) is 90.9 Å². The standard InChI is InChI=1S/C24H47N/c1-3-5-7-9-11-15-23(16-12-10-8-6-4-2)25-21-19-24(20-22-25)17-13-14-18-24/h23H,3-22H2,1-2H3. The van der Waals surface area contributed by atoms with E-state index >= 15 is 0 Å². The molecular weight excluding hydrogens is 302 g/mol. The molecule has 0 amide bonds. The second-order valence-electron chi connectivity index (χ2n) is 9.30. The summed E-state index contributed by atoms with van der Waals surface area (Å²) in [5.41, 5.74) is 0.781. The Kier molecular flexibility index (Phi) is 10.5. The van der Waals surface area contributed by atoms with Crippen LogP contribution in [0.3, 0.4) is 0 Å². The van der Waals surface area contributed by atoms with Crippen LogP contribution < -0.4 is 0 Å². The lowest BCUT2D eigenvalue weighted by Crippen LogP contribution is -2.44. The third-order valence-electron chi connectivity index (χ3n) is 7.32. The highest BCUT2D eigenvalue weighted by Crippen LogP contribution is 2.46. The van der Waals surface area contributed by atoms with Crippen molar-refractivity contribution in [2.75, 3.05) is 13.1 Å². The molecule has 1 saturated heterocycles. The predicted octanol–water partition coefficient (Wildman–Crippen LogP) is 7.73. The third-order valence-corrected chi connectivity index (χ3v) is 7.32. The smallest absolute Gasteiger partial charge is 0.00952 e. The second kappa shape index (κ2) is 12.4. The van der Waals surface area contributed by atoms with Crippen LogP contribution in [0.25, 0.3) is 0 Å². The van der Waals surface area contributed by atoms with Crippen LogP contribution in [0.5, 0.6) is 0 Å². The molecular formula is C24H47N. The van der Waals surface area contributed by atoms with Gasteiger partial charge in [-0.15, -0.1) is 0 Å². The van der Waals surface area contributed by atoms with Crippen LogP contribution in [-0.2, 0) is 0 Å². The summed E-state index contributed by atoms with van der Waals surface area (Å²) in [7, 11) is 0. The molecule has 1 spiro atoms. The van der Waals surface area contributed by atoms with E-state index in [1.54, 1.807) is 12.8 Å². The summed E-state index contributed by atoms with van der Waals surface area (Å²) in [6, 6.07) is 0.905. The molecule has 2 aliphatic rings. The van der Waals surface area contributed by atoms with E-state index in [-0.39, 0.29) is 0 Å². The number of rotatable bonds is 13. The minimum atomic E-state index is 0.781. The first-order valence-electron chi connectivity index (χ1n) is 12.0. The second-order valence-corrected chi connectivity index (χ2v) is 9.30. The zero-order valence-electron chi connectivity index (χ0n) is 17.7. The van der Waals surface area contributed by atoms with Crippen molar-refractivity contribution in [1.82, 2.24) is 4.90 Å². The number of hydrogen-bond donors (Lipinski definition) is 0. The highest BCUT2D eigenvalue weighted by molar-refractivity contribution is 4.91. The number of hydrogen-bond acceptors (Lipinski definition) is 1. The van der Waals surface area contributed by atoms with Gasteiger partial charge in [0.1, 0.15) is 0 Å². The molecule has 1 heteroatoms. The fourth-order valence-electron chi connectivity index (χ4n) is 5.47. The monoisotopic (exact) mass is 349 g/mol. The van der Waals surface area contributed by atoms with Crippen LogP contribution in [0, 0.1) is 5.41 Å². The molecule has 1 aliphatic carbocycles. The topological polar surface area (TPSA) is 3.24 Å². The molecule has 2 rings (SSSR count). The molecule has 0 bridgehead atoms. The fraction of sp³-hybridized carbons (Fsp3) is 1.00. The fourth-order valence-corrected chi connectivity index (χ4v) is 5.47. The Morgan fingerprint density at radius 3 is 1.60 bits per heavy atom.